The minimum absolute atomic E-state index is 0.183. The van der Waals surface area contributed by atoms with Crippen LogP contribution in [0.3, 0.4) is 0 Å². The van der Waals surface area contributed by atoms with Crippen LogP contribution in [-0.2, 0) is 5.41 Å². The molecule has 0 fully saturated rings. The first-order chi connectivity index (χ1) is 31.5. The first-order valence-corrected chi connectivity index (χ1v) is 22.1. The standard InChI is InChI=1S/C61H41N3/c1-61(2)54-35-42(39-15-12-14-38(32-39)41-28-31-58-53(34-41)50-22-10-11-25-57(50)64(58)45-18-4-3-5-19-45)26-29-48(54)49-30-27-43(36-55(49)61)40-16-13-17-44(33-40)56-37-62-59-51-23-8-6-20-46(51)47-21-7-9-24-52(47)60(59)63-56/h3-37H,1-2H3. The molecule has 0 bridgehead atoms. The Morgan fingerprint density at radius 3 is 1.50 bits per heavy atom. The Hall–Kier alpha value is -8.14. The summed E-state index contributed by atoms with van der Waals surface area (Å²) in [5.74, 6) is 0. The van der Waals surface area contributed by atoms with Gasteiger partial charge < -0.3 is 4.57 Å². The van der Waals surface area contributed by atoms with Crippen molar-refractivity contribution in [3.63, 3.8) is 0 Å². The normalized spacial score (nSPS) is 13.0. The molecule has 10 aromatic carbocycles. The Kier molecular flexibility index (Phi) is 7.95. The number of nitrogens with zero attached hydrogens (tertiary/aromatic N) is 3. The van der Waals surface area contributed by atoms with E-state index in [-0.39, 0.29) is 5.41 Å². The summed E-state index contributed by atoms with van der Waals surface area (Å²) in [6.07, 6.45) is 1.93. The molecule has 64 heavy (non-hydrogen) atoms. The van der Waals surface area contributed by atoms with Crippen molar-refractivity contribution in [2.45, 2.75) is 19.3 Å². The second-order valence-corrected chi connectivity index (χ2v) is 17.8. The van der Waals surface area contributed by atoms with Gasteiger partial charge in [-0.3, -0.25) is 4.98 Å². The number of rotatable bonds is 5. The highest BCUT2D eigenvalue weighted by molar-refractivity contribution is 6.23. The van der Waals surface area contributed by atoms with E-state index < -0.39 is 0 Å². The maximum absolute atomic E-state index is 5.29. The highest BCUT2D eigenvalue weighted by Gasteiger charge is 2.36. The largest absolute Gasteiger partial charge is 0.309 e. The third kappa shape index (κ3) is 5.54. The molecule has 12 aromatic rings. The summed E-state index contributed by atoms with van der Waals surface area (Å²) in [6, 6.07) is 75.2. The van der Waals surface area contributed by atoms with Crippen molar-refractivity contribution in [1.29, 1.82) is 0 Å². The lowest BCUT2D eigenvalue weighted by Crippen LogP contribution is -2.15. The first-order valence-electron chi connectivity index (χ1n) is 22.1. The lowest BCUT2D eigenvalue weighted by molar-refractivity contribution is 0.661. The van der Waals surface area contributed by atoms with Gasteiger partial charge in [0.25, 0.3) is 0 Å². The Balaban J connectivity index is 0.833. The van der Waals surface area contributed by atoms with E-state index in [1.54, 1.807) is 0 Å². The first kappa shape index (κ1) is 36.5. The number of hydrogen-bond donors (Lipinski definition) is 0. The van der Waals surface area contributed by atoms with Crippen LogP contribution >= 0.6 is 0 Å². The summed E-state index contributed by atoms with van der Waals surface area (Å²) < 4.78 is 2.37. The van der Waals surface area contributed by atoms with Crippen LogP contribution in [0.5, 0.6) is 0 Å². The fraction of sp³-hybridized carbons (Fsp3) is 0.0492. The van der Waals surface area contributed by atoms with Gasteiger partial charge in [-0.15, -0.1) is 0 Å². The van der Waals surface area contributed by atoms with Gasteiger partial charge in [-0.1, -0.05) is 166 Å². The van der Waals surface area contributed by atoms with Crippen LogP contribution in [0.15, 0.2) is 212 Å². The highest BCUT2D eigenvalue weighted by Crippen LogP contribution is 2.51. The Morgan fingerprint density at radius 2 is 0.844 bits per heavy atom. The monoisotopic (exact) mass is 815 g/mol. The minimum Gasteiger partial charge on any atom is -0.309 e. The lowest BCUT2D eigenvalue weighted by atomic mass is 9.80. The fourth-order valence-corrected chi connectivity index (χ4v) is 10.6. The van der Waals surface area contributed by atoms with Gasteiger partial charge in [0.1, 0.15) is 0 Å². The molecule has 0 atom stereocenters. The average molecular weight is 816 g/mol. The molecule has 1 aliphatic carbocycles. The third-order valence-electron chi connectivity index (χ3n) is 13.8. The van der Waals surface area contributed by atoms with Gasteiger partial charge in [-0.2, -0.15) is 0 Å². The van der Waals surface area contributed by atoms with Crippen LogP contribution < -0.4 is 0 Å². The van der Waals surface area contributed by atoms with E-state index in [4.69, 9.17) is 9.97 Å². The van der Waals surface area contributed by atoms with Gasteiger partial charge in [-0.25, -0.2) is 4.98 Å². The summed E-state index contributed by atoms with van der Waals surface area (Å²) in [5, 5.41) is 7.18. The molecule has 3 heteroatoms. The van der Waals surface area contributed by atoms with Gasteiger partial charge in [0.2, 0.25) is 0 Å². The molecule has 0 saturated carbocycles. The zero-order chi connectivity index (χ0) is 42.5. The second kappa shape index (κ2) is 13.9. The van der Waals surface area contributed by atoms with Gasteiger partial charge in [0.15, 0.2) is 0 Å². The van der Waals surface area contributed by atoms with Crippen molar-refractivity contribution >= 4 is 54.4 Å². The molecule has 0 unspecified atom stereocenters. The zero-order valence-corrected chi connectivity index (χ0v) is 35.5. The van der Waals surface area contributed by atoms with Crippen LogP contribution in [0.2, 0.25) is 0 Å². The molecule has 300 valence electrons. The molecule has 0 amide bonds. The maximum Gasteiger partial charge on any atom is 0.0979 e. The topological polar surface area (TPSA) is 30.7 Å². The van der Waals surface area contributed by atoms with Crippen molar-refractivity contribution < 1.29 is 0 Å². The fourth-order valence-electron chi connectivity index (χ4n) is 10.6. The summed E-state index contributed by atoms with van der Waals surface area (Å²) in [6.45, 7) is 4.75. The van der Waals surface area contributed by atoms with E-state index in [2.05, 4.69) is 225 Å². The van der Waals surface area contributed by atoms with Crippen LogP contribution in [0.1, 0.15) is 25.0 Å². The zero-order valence-electron chi connectivity index (χ0n) is 35.5. The van der Waals surface area contributed by atoms with Crippen LogP contribution in [0.25, 0.3) is 116 Å². The highest BCUT2D eigenvalue weighted by atomic mass is 15.0. The molecular formula is C61H41N3. The smallest absolute Gasteiger partial charge is 0.0979 e. The molecule has 0 spiro atoms. The van der Waals surface area contributed by atoms with Crippen molar-refractivity contribution in [3.8, 4) is 61.5 Å². The Morgan fingerprint density at radius 1 is 0.359 bits per heavy atom. The number of para-hydroxylation sites is 2. The Labute approximate surface area is 371 Å². The second-order valence-electron chi connectivity index (χ2n) is 17.8. The van der Waals surface area contributed by atoms with E-state index >= 15 is 0 Å². The SMILES string of the molecule is CC1(C)c2cc(-c3cccc(-c4ccc5c(c4)c4ccccc4n5-c4ccccc4)c3)ccc2-c2ccc(-c3cccc(-c4cnc5c6ccccc6c6ccccc6c5n4)c3)cc21. The molecule has 3 nitrogen and oxygen atoms in total. The van der Waals surface area contributed by atoms with E-state index in [0.717, 1.165) is 38.6 Å². The molecule has 0 radical (unpaired) electrons. The predicted octanol–water partition coefficient (Wildman–Crippen LogP) is 16.0. The number of fused-ring (bicyclic) bond motifs is 12. The summed E-state index contributed by atoms with van der Waals surface area (Å²) in [4.78, 5) is 10.3. The average Bonchev–Trinajstić information content (AvgIpc) is 3.81. The van der Waals surface area contributed by atoms with Crippen LogP contribution in [-0.4, -0.2) is 14.5 Å². The lowest BCUT2D eigenvalue weighted by Gasteiger charge is -2.23. The predicted molar refractivity (Wildman–Crippen MR) is 268 cm³/mol. The van der Waals surface area contributed by atoms with Gasteiger partial charge in [-0.05, 0) is 121 Å². The Bertz CT molecular complexity index is 3840. The van der Waals surface area contributed by atoms with E-state index in [9.17, 15) is 0 Å². The molecular weight excluding hydrogens is 775 g/mol. The molecule has 2 heterocycles. The van der Waals surface area contributed by atoms with E-state index in [0.29, 0.717) is 0 Å². The minimum atomic E-state index is -0.183. The summed E-state index contributed by atoms with van der Waals surface area (Å²) in [5.41, 5.74) is 19.8. The molecule has 0 N–H and O–H groups in total. The van der Waals surface area contributed by atoms with Gasteiger partial charge in [0.05, 0.1) is 34.0 Å². The molecule has 1 aliphatic rings. The molecule has 0 aliphatic heterocycles. The van der Waals surface area contributed by atoms with Crippen molar-refractivity contribution in [1.82, 2.24) is 14.5 Å². The van der Waals surface area contributed by atoms with Crippen molar-refractivity contribution in [2.24, 2.45) is 0 Å². The van der Waals surface area contributed by atoms with E-state index in [1.807, 2.05) is 6.20 Å². The van der Waals surface area contributed by atoms with Crippen LogP contribution in [0, 0.1) is 0 Å². The third-order valence-corrected chi connectivity index (χ3v) is 13.8. The summed E-state index contributed by atoms with van der Waals surface area (Å²) in [7, 11) is 0. The van der Waals surface area contributed by atoms with Crippen LogP contribution in [0.4, 0.5) is 0 Å². The van der Waals surface area contributed by atoms with Gasteiger partial charge in [0, 0.05) is 38.2 Å². The molecule has 2 aromatic heterocycles. The summed E-state index contributed by atoms with van der Waals surface area (Å²) >= 11 is 0. The molecule has 0 saturated heterocycles. The van der Waals surface area contributed by atoms with E-state index in [1.165, 1.54) is 88.3 Å². The number of benzene rings is 10. The quantitative estimate of drug-likeness (QED) is 0.162. The van der Waals surface area contributed by atoms with Gasteiger partial charge >= 0.3 is 0 Å². The van der Waals surface area contributed by atoms with Crippen molar-refractivity contribution in [3.05, 3.63) is 224 Å². The maximum atomic E-state index is 5.29. The number of aromatic nitrogens is 3. The molecule has 13 rings (SSSR count). The number of hydrogen-bond acceptors (Lipinski definition) is 2. The van der Waals surface area contributed by atoms with Crippen molar-refractivity contribution in [2.75, 3.05) is 0 Å².